The van der Waals surface area contributed by atoms with Gasteiger partial charge >= 0.3 is 0 Å². The van der Waals surface area contributed by atoms with Crippen molar-refractivity contribution in [3.8, 4) is 0 Å². The Morgan fingerprint density at radius 2 is 2.08 bits per heavy atom. The van der Waals surface area contributed by atoms with Gasteiger partial charge in [0.05, 0.1) is 10.0 Å². The summed E-state index contributed by atoms with van der Waals surface area (Å²) in [6.07, 6.45) is 0.954. The number of carbonyl (C=O) groups is 3. The molecule has 3 amide bonds. The van der Waals surface area contributed by atoms with E-state index in [1.54, 1.807) is 17.0 Å². The average Bonchev–Trinajstić information content (AvgIpc) is 2.98. The van der Waals surface area contributed by atoms with E-state index in [2.05, 4.69) is 10.6 Å². The third-order valence-corrected chi connectivity index (χ3v) is 5.17. The standard InChI is InChI=1S/C16H17Cl2N3O3/c1-2-12-16(24)21-7-9(6-13(21)15(23)20-12)19-14(22)8-3-4-10(17)11(18)5-8/h3-5,9,12-13H,2,6-7H2,1H3,(H,19,22)(H,20,23)/t9-,12-,13-/m0/s1. The fraction of sp³-hybridized carbons (Fsp3) is 0.438. The summed E-state index contributed by atoms with van der Waals surface area (Å²) in [6.45, 7) is 2.18. The Labute approximate surface area is 149 Å². The van der Waals surface area contributed by atoms with Crippen molar-refractivity contribution in [1.82, 2.24) is 15.5 Å². The average molecular weight is 370 g/mol. The predicted octanol–water partition coefficient (Wildman–Crippen LogP) is 1.60. The van der Waals surface area contributed by atoms with E-state index in [4.69, 9.17) is 23.2 Å². The number of fused-ring (bicyclic) bond motifs is 1. The summed E-state index contributed by atoms with van der Waals surface area (Å²) in [6, 6.07) is 3.36. The summed E-state index contributed by atoms with van der Waals surface area (Å²) in [7, 11) is 0. The smallest absolute Gasteiger partial charge is 0.251 e. The molecule has 0 aromatic heterocycles. The molecule has 6 nitrogen and oxygen atoms in total. The first-order chi connectivity index (χ1) is 11.4. The topological polar surface area (TPSA) is 78.5 Å². The van der Waals surface area contributed by atoms with Gasteiger partial charge in [-0.05, 0) is 31.0 Å². The molecule has 1 aromatic rings. The van der Waals surface area contributed by atoms with Crippen LogP contribution in [0.2, 0.25) is 10.0 Å². The molecule has 0 aliphatic carbocycles. The van der Waals surface area contributed by atoms with Crippen molar-refractivity contribution in [2.45, 2.75) is 37.9 Å². The minimum absolute atomic E-state index is 0.0895. The lowest BCUT2D eigenvalue weighted by atomic mass is 10.1. The molecule has 3 atom stereocenters. The van der Waals surface area contributed by atoms with Crippen molar-refractivity contribution in [2.24, 2.45) is 0 Å². The van der Waals surface area contributed by atoms with Gasteiger partial charge in [-0.1, -0.05) is 30.1 Å². The molecule has 2 aliphatic heterocycles. The molecular weight excluding hydrogens is 353 g/mol. The van der Waals surface area contributed by atoms with Gasteiger partial charge in [-0.3, -0.25) is 14.4 Å². The highest BCUT2D eigenvalue weighted by Crippen LogP contribution is 2.25. The molecule has 0 unspecified atom stereocenters. The van der Waals surface area contributed by atoms with Gasteiger partial charge in [-0.25, -0.2) is 0 Å². The number of hydrogen-bond acceptors (Lipinski definition) is 3. The van der Waals surface area contributed by atoms with E-state index in [0.717, 1.165) is 0 Å². The lowest BCUT2D eigenvalue weighted by molar-refractivity contribution is -0.147. The molecule has 0 saturated carbocycles. The van der Waals surface area contributed by atoms with E-state index in [-0.39, 0.29) is 23.8 Å². The van der Waals surface area contributed by atoms with E-state index in [1.165, 1.54) is 6.07 Å². The number of hydrogen-bond donors (Lipinski definition) is 2. The van der Waals surface area contributed by atoms with Gasteiger partial charge in [0.1, 0.15) is 12.1 Å². The van der Waals surface area contributed by atoms with Crippen molar-refractivity contribution in [2.75, 3.05) is 6.54 Å². The highest BCUT2D eigenvalue weighted by atomic mass is 35.5. The number of halogens is 2. The van der Waals surface area contributed by atoms with Crippen LogP contribution >= 0.6 is 23.2 Å². The second-order valence-electron chi connectivity index (χ2n) is 6.01. The van der Waals surface area contributed by atoms with Gasteiger partial charge in [0.25, 0.3) is 5.91 Å². The summed E-state index contributed by atoms with van der Waals surface area (Å²) in [5, 5.41) is 6.26. The monoisotopic (exact) mass is 369 g/mol. The van der Waals surface area contributed by atoms with Gasteiger partial charge in [0.15, 0.2) is 0 Å². The first kappa shape index (κ1) is 17.0. The van der Waals surface area contributed by atoms with Gasteiger partial charge < -0.3 is 15.5 Å². The zero-order valence-electron chi connectivity index (χ0n) is 13.0. The minimum Gasteiger partial charge on any atom is -0.347 e. The summed E-state index contributed by atoms with van der Waals surface area (Å²) in [5.74, 6) is -0.556. The molecular formula is C16H17Cl2N3O3. The molecule has 2 fully saturated rings. The summed E-state index contributed by atoms with van der Waals surface area (Å²) in [5.41, 5.74) is 0.386. The largest absolute Gasteiger partial charge is 0.347 e. The number of nitrogens with one attached hydrogen (secondary N) is 2. The van der Waals surface area contributed by atoms with E-state index in [9.17, 15) is 14.4 Å². The van der Waals surface area contributed by atoms with Crippen LogP contribution in [0.1, 0.15) is 30.1 Å². The van der Waals surface area contributed by atoms with Crippen LogP contribution in [0, 0.1) is 0 Å². The van der Waals surface area contributed by atoms with E-state index < -0.39 is 12.1 Å². The van der Waals surface area contributed by atoms with Crippen molar-refractivity contribution >= 4 is 40.9 Å². The second-order valence-corrected chi connectivity index (χ2v) is 6.83. The molecule has 2 heterocycles. The quantitative estimate of drug-likeness (QED) is 0.849. The summed E-state index contributed by atoms with van der Waals surface area (Å²) in [4.78, 5) is 38.4. The highest BCUT2D eigenvalue weighted by Gasteiger charge is 2.46. The summed E-state index contributed by atoms with van der Waals surface area (Å²) < 4.78 is 0. The van der Waals surface area contributed by atoms with E-state index >= 15 is 0 Å². The van der Waals surface area contributed by atoms with Crippen LogP contribution in [-0.2, 0) is 9.59 Å². The Hall–Kier alpha value is -1.79. The number of benzene rings is 1. The van der Waals surface area contributed by atoms with Crippen molar-refractivity contribution in [3.63, 3.8) is 0 Å². The van der Waals surface area contributed by atoms with E-state index in [0.29, 0.717) is 35.0 Å². The molecule has 24 heavy (non-hydrogen) atoms. The van der Waals surface area contributed by atoms with Crippen molar-refractivity contribution in [3.05, 3.63) is 33.8 Å². The predicted molar refractivity (Wildman–Crippen MR) is 90.1 cm³/mol. The molecule has 8 heteroatoms. The molecule has 0 spiro atoms. The Balaban J connectivity index is 1.69. The van der Waals surface area contributed by atoms with Gasteiger partial charge in [-0.15, -0.1) is 0 Å². The van der Waals surface area contributed by atoms with Crippen LogP contribution in [0.25, 0.3) is 0 Å². The Kier molecular flexibility index (Phi) is 4.69. The molecule has 0 radical (unpaired) electrons. The number of amides is 3. The van der Waals surface area contributed by atoms with Crippen LogP contribution < -0.4 is 10.6 Å². The molecule has 2 N–H and O–H groups in total. The fourth-order valence-corrected chi connectivity index (χ4v) is 3.44. The van der Waals surface area contributed by atoms with E-state index in [1.807, 2.05) is 6.92 Å². The normalized spacial score (nSPS) is 26.1. The zero-order valence-corrected chi connectivity index (χ0v) is 14.5. The second kappa shape index (κ2) is 6.61. The van der Waals surface area contributed by atoms with Crippen LogP contribution in [0.4, 0.5) is 0 Å². The number of carbonyl (C=O) groups excluding carboxylic acids is 3. The molecule has 2 aliphatic rings. The maximum absolute atomic E-state index is 12.3. The lowest BCUT2D eigenvalue weighted by Gasteiger charge is -2.33. The number of nitrogens with zero attached hydrogens (tertiary/aromatic N) is 1. The Morgan fingerprint density at radius 1 is 1.33 bits per heavy atom. The number of rotatable bonds is 3. The van der Waals surface area contributed by atoms with Crippen LogP contribution in [0.5, 0.6) is 0 Å². The molecule has 2 saturated heterocycles. The first-order valence-electron chi connectivity index (χ1n) is 7.77. The fourth-order valence-electron chi connectivity index (χ4n) is 3.15. The maximum Gasteiger partial charge on any atom is 0.251 e. The van der Waals surface area contributed by atoms with Crippen LogP contribution in [0.15, 0.2) is 18.2 Å². The van der Waals surface area contributed by atoms with Gasteiger partial charge in [0, 0.05) is 18.2 Å². The van der Waals surface area contributed by atoms with Crippen molar-refractivity contribution < 1.29 is 14.4 Å². The Morgan fingerprint density at radius 3 is 2.75 bits per heavy atom. The maximum atomic E-state index is 12.3. The van der Waals surface area contributed by atoms with Gasteiger partial charge in [0.2, 0.25) is 11.8 Å². The molecule has 0 bridgehead atoms. The SMILES string of the molecule is CC[C@@H]1NC(=O)[C@@H]2C[C@H](NC(=O)c3ccc(Cl)c(Cl)c3)CN2C1=O. The molecule has 1 aromatic carbocycles. The minimum atomic E-state index is -0.514. The highest BCUT2D eigenvalue weighted by molar-refractivity contribution is 6.42. The van der Waals surface area contributed by atoms with Crippen molar-refractivity contribution in [1.29, 1.82) is 0 Å². The third kappa shape index (κ3) is 3.08. The molecule has 3 rings (SSSR count). The third-order valence-electron chi connectivity index (χ3n) is 4.43. The lowest BCUT2D eigenvalue weighted by Crippen LogP contribution is -2.60. The Bertz CT molecular complexity index is 710. The zero-order chi connectivity index (χ0) is 17.4. The van der Waals surface area contributed by atoms with Crippen LogP contribution in [-0.4, -0.2) is 47.3 Å². The van der Waals surface area contributed by atoms with Crippen LogP contribution in [0.3, 0.4) is 0 Å². The first-order valence-corrected chi connectivity index (χ1v) is 8.53. The summed E-state index contributed by atoms with van der Waals surface area (Å²) >= 11 is 11.8. The number of piperazine rings is 1. The molecule has 128 valence electrons. The van der Waals surface area contributed by atoms with Gasteiger partial charge in [-0.2, -0.15) is 0 Å².